The van der Waals surface area contributed by atoms with Gasteiger partial charge in [-0.2, -0.15) is 0 Å². The molecule has 4 heteroatoms. The zero-order valence-electron chi connectivity index (χ0n) is 23.6. The quantitative estimate of drug-likeness (QED) is 0.111. The topological polar surface area (TPSA) is 52.6 Å². The highest BCUT2D eigenvalue weighted by atomic mass is 16.5. The van der Waals surface area contributed by atoms with Crippen molar-refractivity contribution in [3.05, 3.63) is 0 Å². The van der Waals surface area contributed by atoms with Crippen LogP contribution in [-0.2, 0) is 19.1 Å². The summed E-state index contributed by atoms with van der Waals surface area (Å²) in [4.78, 5) is 25.3. The minimum Gasteiger partial charge on any atom is -0.465 e. The molecule has 1 rings (SSSR count). The molecule has 0 radical (unpaired) electrons. The van der Waals surface area contributed by atoms with Gasteiger partial charge in [-0.3, -0.25) is 9.59 Å². The van der Waals surface area contributed by atoms with E-state index in [0.717, 1.165) is 51.4 Å². The molecule has 3 atom stereocenters. The molecule has 0 bridgehead atoms. The number of hydrogen-bond donors (Lipinski definition) is 0. The van der Waals surface area contributed by atoms with Crippen LogP contribution in [0.4, 0.5) is 0 Å². The molecule has 0 saturated heterocycles. The molecule has 0 spiro atoms. The molecule has 0 heterocycles. The van der Waals surface area contributed by atoms with Crippen LogP contribution in [0.15, 0.2) is 0 Å². The van der Waals surface area contributed by atoms with Crippen molar-refractivity contribution < 1.29 is 19.1 Å². The molecule has 4 nitrogen and oxygen atoms in total. The van der Waals surface area contributed by atoms with Crippen molar-refractivity contribution in [3.63, 3.8) is 0 Å². The molecule has 0 aromatic rings. The summed E-state index contributed by atoms with van der Waals surface area (Å²) < 4.78 is 11.3. The maximum atomic E-state index is 12.7. The maximum Gasteiger partial charge on any atom is 0.308 e. The SMILES string of the molecule is CCCCCCCCCCCCCOC(=O)C1CCCC(C(=O)OCC(CCC)CCCCC)C1. The second-order valence-electron chi connectivity index (χ2n) is 11.0. The van der Waals surface area contributed by atoms with E-state index in [2.05, 4.69) is 20.8 Å². The Morgan fingerprint density at radius 3 is 1.71 bits per heavy atom. The Labute approximate surface area is 217 Å². The number of carbonyl (C=O) groups excluding carboxylic acids is 2. The van der Waals surface area contributed by atoms with Crippen LogP contribution in [0.5, 0.6) is 0 Å². The van der Waals surface area contributed by atoms with E-state index < -0.39 is 0 Å². The van der Waals surface area contributed by atoms with E-state index in [-0.39, 0.29) is 23.8 Å². The molecule has 0 aromatic carbocycles. The molecule has 1 aliphatic carbocycles. The van der Waals surface area contributed by atoms with Gasteiger partial charge in [0.15, 0.2) is 0 Å². The van der Waals surface area contributed by atoms with Gasteiger partial charge >= 0.3 is 11.9 Å². The van der Waals surface area contributed by atoms with Crippen LogP contribution in [0.1, 0.15) is 156 Å². The first kappa shape index (κ1) is 32.0. The van der Waals surface area contributed by atoms with Gasteiger partial charge in [0.2, 0.25) is 0 Å². The summed E-state index contributed by atoms with van der Waals surface area (Å²) in [7, 11) is 0. The first-order valence-corrected chi connectivity index (χ1v) is 15.5. The number of rotatable bonds is 22. The molecule has 0 amide bonds. The predicted molar refractivity (Wildman–Crippen MR) is 146 cm³/mol. The second kappa shape index (κ2) is 22.2. The minimum absolute atomic E-state index is 0.0931. The lowest BCUT2D eigenvalue weighted by Crippen LogP contribution is -2.30. The van der Waals surface area contributed by atoms with Crippen LogP contribution >= 0.6 is 0 Å². The third-order valence-corrected chi connectivity index (χ3v) is 7.71. The fraction of sp³-hybridized carbons (Fsp3) is 0.935. The van der Waals surface area contributed by atoms with Crippen LogP contribution in [-0.4, -0.2) is 25.2 Å². The van der Waals surface area contributed by atoms with E-state index in [1.165, 1.54) is 77.0 Å². The van der Waals surface area contributed by atoms with Crippen molar-refractivity contribution in [2.45, 2.75) is 156 Å². The van der Waals surface area contributed by atoms with E-state index in [1.807, 2.05) is 0 Å². The number of esters is 2. The molecule has 3 unspecified atom stereocenters. The zero-order chi connectivity index (χ0) is 25.6. The predicted octanol–water partition coefficient (Wildman–Crippen LogP) is 9.19. The van der Waals surface area contributed by atoms with Crippen molar-refractivity contribution in [3.8, 4) is 0 Å². The van der Waals surface area contributed by atoms with Crippen LogP contribution in [0.2, 0.25) is 0 Å². The second-order valence-corrected chi connectivity index (χ2v) is 11.0. The van der Waals surface area contributed by atoms with E-state index in [4.69, 9.17) is 9.47 Å². The molecule has 1 fully saturated rings. The summed E-state index contributed by atoms with van der Waals surface area (Å²) in [6.45, 7) is 7.75. The number of hydrogen-bond acceptors (Lipinski definition) is 4. The number of unbranched alkanes of at least 4 members (excludes halogenated alkanes) is 12. The average molecular weight is 495 g/mol. The van der Waals surface area contributed by atoms with Gasteiger partial charge in [0.1, 0.15) is 0 Å². The third kappa shape index (κ3) is 16.3. The first-order chi connectivity index (χ1) is 17.1. The summed E-state index contributed by atoms with van der Waals surface area (Å²) in [6, 6.07) is 0. The highest BCUT2D eigenvalue weighted by molar-refractivity contribution is 5.76. The van der Waals surface area contributed by atoms with Crippen LogP contribution in [0.25, 0.3) is 0 Å². The Bertz CT molecular complexity index is 518. The van der Waals surface area contributed by atoms with Crippen LogP contribution in [0.3, 0.4) is 0 Å². The monoisotopic (exact) mass is 494 g/mol. The van der Waals surface area contributed by atoms with Gasteiger partial charge in [0.25, 0.3) is 0 Å². The lowest BCUT2D eigenvalue weighted by molar-refractivity contribution is -0.156. The Kier molecular flexibility index (Phi) is 20.2. The van der Waals surface area contributed by atoms with Gasteiger partial charge in [0.05, 0.1) is 25.0 Å². The van der Waals surface area contributed by atoms with Gasteiger partial charge in [-0.15, -0.1) is 0 Å². The fourth-order valence-corrected chi connectivity index (χ4v) is 5.39. The number of carbonyl (C=O) groups is 2. The molecule has 0 N–H and O–H groups in total. The minimum atomic E-state index is -0.138. The molecular weight excluding hydrogens is 436 g/mol. The molecule has 206 valence electrons. The van der Waals surface area contributed by atoms with E-state index >= 15 is 0 Å². The lowest BCUT2D eigenvalue weighted by atomic mass is 9.81. The molecular formula is C31H58O4. The van der Waals surface area contributed by atoms with E-state index in [1.54, 1.807) is 0 Å². The van der Waals surface area contributed by atoms with Crippen LogP contribution < -0.4 is 0 Å². The van der Waals surface area contributed by atoms with Gasteiger partial charge in [-0.25, -0.2) is 0 Å². The van der Waals surface area contributed by atoms with Gasteiger partial charge in [-0.1, -0.05) is 117 Å². The average Bonchev–Trinajstić information content (AvgIpc) is 2.87. The Balaban J connectivity index is 2.15. The smallest absolute Gasteiger partial charge is 0.308 e. The molecule has 1 aliphatic rings. The fourth-order valence-electron chi connectivity index (χ4n) is 5.39. The zero-order valence-corrected chi connectivity index (χ0v) is 23.6. The Morgan fingerprint density at radius 2 is 1.14 bits per heavy atom. The summed E-state index contributed by atoms with van der Waals surface area (Å²) in [6.07, 6.45) is 24.5. The van der Waals surface area contributed by atoms with Crippen molar-refractivity contribution in [2.75, 3.05) is 13.2 Å². The largest absolute Gasteiger partial charge is 0.465 e. The summed E-state index contributed by atoms with van der Waals surface area (Å²) >= 11 is 0. The molecule has 35 heavy (non-hydrogen) atoms. The molecule has 0 aromatic heterocycles. The molecule has 0 aliphatic heterocycles. The van der Waals surface area contributed by atoms with Crippen LogP contribution in [0, 0.1) is 17.8 Å². The van der Waals surface area contributed by atoms with Gasteiger partial charge < -0.3 is 9.47 Å². The Hall–Kier alpha value is -1.06. The standard InChI is InChI=1S/C31H58O4/c1-4-7-9-10-11-12-13-14-15-16-18-24-34-30(32)28-22-19-23-29(25-28)31(33)35-26-27(20-6-3)21-17-8-5-2/h27-29H,4-26H2,1-3H3. The van der Waals surface area contributed by atoms with E-state index in [9.17, 15) is 9.59 Å². The van der Waals surface area contributed by atoms with Crippen molar-refractivity contribution in [1.29, 1.82) is 0 Å². The maximum absolute atomic E-state index is 12.7. The highest BCUT2D eigenvalue weighted by Crippen LogP contribution is 2.31. The summed E-state index contributed by atoms with van der Waals surface area (Å²) in [5.41, 5.74) is 0. The van der Waals surface area contributed by atoms with Gasteiger partial charge in [-0.05, 0) is 44.4 Å². The van der Waals surface area contributed by atoms with Crippen molar-refractivity contribution >= 4 is 11.9 Å². The highest BCUT2D eigenvalue weighted by Gasteiger charge is 2.33. The normalized spacial score (nSPS) is 18.8. The van der Waals surface area contributed by atoms with Crippen molar-refractivity contribution in [2.24, 2.45) is 17.8 Å². The van der Waals surface area contributed by atoms with Gasteiger partial charge in [0, 0.05) is 0 Å². The van der Waals surface area contributed by atoms with Crippen molar-refractivity contribution in [1.82, 2.24) is 0 Å². The third-order valence-electron chi connectivity index (χ3n) is 7.71. The summed E-state index contributed by atoms with van der Waals surface area (Å²) in [5, 5.41) is 0. The van der Waals surface area contributed by atoms with E-state index in [0.29, 0.717) is 25.6 Å². The lowest BCUT2D eigenvalue weighted by Gasteiger charge is -2.27. The summed E-state index contributed by atoms with van der Waals surface area (Å²) in [5.74, 6) is 0.0132. The molecule has 1 saturated carbocycles. The Morgan fingerprint density at radius 1 is 0.629 bits per heavy atom. The number of ether oxygens (including phenoxy) is 2. The first-order valence-electron chi connectivity index (χ1n) is 15.5.